The van der Waals surface area contributed by atoms with Crippen LogP contribution in [-0.4, -0.2) is 34.5 Å². The summed E-state index contributed by atoms with van der Waals surface area (Å²) in [4.78, 5) is 0. The van der Waals surface area contributed by atoms with Gasteiger partial charge in [0.15, 0.2) is 5.11 Å². The number of benzene rings is 1. The predicted molar refractivity (Wildman–Crippen MR) is 131 cm³/mol. The van der Waals surface area contributed by atoms with Crippen LogP contribution in [0.5, 0.6) is 0 Å². The SMILES string of the molecule is CCn1cc(Cn2cc(NC(=S)Nc3c(C)nn(Cc4c(F)cccc4Cl)c3C)cn2)cn1. The van der Waals surface area contributed by atoms with Gasteiger partial charge in [-0.3, -0.25) is 14.0 Å². The van der Waals surface area contributed by atoms with Crippen molar-refractivity contribution >= 4 is 40.3 Å². The molecule has 11 heteroatoms. The monoisotopic (exact) mass is 486 g/mol. The highest BCUT2D eigenvalue weighted by atomic mass is 35.5. The molecule has 172 valence electrons. The number of hydrogen-bond acceptors (Lipinski definition) is 4. The van der Waals surface area contributed by atoms with Gasteiger partial charge in [0.1, 0.15) is 5.82 Å². The Hall–Kier alpha value is -3.24. The molecule has 0 aliphatic heterocycles. The van der Waals surface area contributed by atoms with Gasteiger partial charge in [0.2, 0.25) is 0 Å². The van der Waals surface area contributed by atoms with Crippen molar-refractivity contribution < 1.29 is 4.39 Å². The second-order valence-electron chi connectivity index (χ2n) is 7.61. The van der Waals surface area contributed by atoms with E-state index < -0.39 is 0 Å². The van der Waals surface area contributed by atoms with Gasteiger partial charge in [-0.15, -0.1) is 0 Å². The van der Waals surface area contributed by atoms with E-state index >= 15 is 0 Å². The number of nitrogens with zero attached hydrogens (tertiary/aromatic N) is 6. The van der Waals surface area contributed by atoms with E-state index in [9.17, 15) is 4.39 Å². The number of rotatable bonds is 7. The lowest BCUT2D eigenvalue weighted by Crippen LogP contribution is -2.19. The van der Waals surface area contributed by atoms with Crippen LogP contribution >= 0.6 is 23.8 Å². The minimum Gasteiger partial charge on any atom is -0.330 e. The molecule has 0 radical (unpaired) electrons. The first-order valence-electron chi connectivity index (χ1n) is 10.4. The molecule has 0 fully saturated rings. The van der Waals surface area contributed by atoms with E-state index in [-0.39, 0.29) is 12.4 Å². The Labute approximate surface area is 201 Å². The highest BCUT2D eigenvalue weighted by Crippen LogP contribution is 2.24. The molecule has 0 unspecified atom stereocenters. The predicted octanol–water partition coefficient (Wildman–Crippen LogP) is 4.61. The fourth-order valence-electron chi connectivity index (χ4n) is 3.50. The molecule has 3 aromatic heterocycles. The third kappa shape index (κ3) is 5.23. The lowest BCUT2D eigenvalue weighted by atomic mass is 10.2. The minimum atomic E-state index is -0.360. The van der Waals surface area contributed by atoms with Gasteiger partial charge in [-0.05, 0) is 45.1 Å². The summed E-state index contributed by atoms with van der Waals surface area (Å²) in [6.07, 6.45) is 7.42. The van der Waals surface area contributed by atoms with Crippen LogP contribution in [0.15, 0.2) is 43.0 Å². The maximum Gasteiger partial charge on any atom is 0.175 e. The van der Waals surface area contributed by atoms with E-state index in [1.165, 1.54) is 6.07 Å². The van der Waals surface area contributed by atoms with Crippen molar-refractivity contribution in [3.05, 3.63) is 76.3 Å². The Kier molecular flexibility index (Phi) is 6.75. The van der Waals surface area contributed by atoms with Crippen LogP contribution in [-0.2, 0) is 19.6 Å². The summed E-state index contributed by atoms with van der Waals surface area (Å²) in [5, 5.41) is 20.3. The molecule has 0 bridgehead atoms. The van der Waals surface area contributed by atoms with Gasteiger partial charge in [0, 0.05) is 35.1 Å². The Balaban J connectivity index is 1.41. The fraction of sp³-hybridized carbons (Fsp3) is 0.273. The standard InChI is InChI=1S/C22H24ClFN8S/c1-4-30-10-16(8-25-30)11-31-12-17(9-26-31)27-22(33)28-21-14(2)29-32(15(21)3)13-18-19(23)6-5-7-20(18)24/h5-10,12H,4,11,13H2,1-3H3,(H2,27,28,33). The molecule has 8 nitrogen and oxygen atoms in total. The Morgan fingerprint density at radius 3 is 2.61 bits per heavy atom. The zero-order valence-electron chi connectivity index (χ0n) is 18.5. The molecule has 0 spiro atoms. The van der Waals surface area contributed by atoms with Gasteiger partial charge in [0.05, 0.1) is 48.2 Å². The Morgan fingerprint density at radius 2 is 1.88 bits per heavy atom. The van der Waals surface area contributed by atoms with Gasteiger partial charge >= 0.3 is 0 Å². The van der Waals surface area contributed by atoms with Gasteiger partial charge in [-0.1, -0.05) is 17.7 Å². The van der Waals surface area contributed by atoms with Gasteiger partial charge in [0.25, 0.3) is 0 Å². The molecule has 33 heavy (non-hydrogen) atoms. The van der Waals surface area contributed by atoms with Crippen LogP contribution < -0.4 is 10.6 Å². The van der Waals surface area contributed by atoms with Crippen molar-refractivity contribution in [1.82, 2.24) is 29.3 Å². The second-order valence-corrected chi connectivity index (χ2v) is 8.43. The number of aryl methyl sites for hydroxylation is 2. The fourth-order valence-corrected chi connectivity index (χ4v) is 3.95. The first kappa shape index (κ1) is 22.9. The molecule has 0 saturated carbocycles. The summed E-state index contributed by atoms with van der Waals surface area (Å²) in [6.45, 7) is 7.48. The number of nitrogens with one attached hydrogen (secondary N) is 2. The van der Waals surface area contributed by atoms with Crippen molar-refractivity contribution in [1.29, 1.82) is 0 Å². The average molecular weight is 487 g/mol. The van der Waals surface area contributed by atoms with Crippen LogP contribution in [0, 0.1) is 19.7 Å². The van der Waals surface area contributed by atoms with Crippen molar-refractivity contribution in [3.8, 4) is 0 Å². The van der Waals surface area contributed by atoms with Crippen LogP contribution in [0.3, 0.4) is 0 Å². The second kappa shape index (κ2) is 9.72. The number of aromatic nitrogens is 6. The van der Waals surface area contributed by atoms with Crippen molar-refractivity contribution in [2.45, 2.75) is 40.4 Å². The van der Waals surface area contributed by atoms with E-state index in [1.807, 2.05) is 48.7 Å². The minimum absolute atomic E-state index is 0.224. The summed E-state index contributed by atoms with van der Waals surface area (Å²) in [5.41, 5.74) is 4.55. The summed E-state index contributed by atoms with van der Waals surface area (Å²) >= 11 is 11.7. The Bertz CT molecular complexity index is 1270. The van der Waals surface area contributed by atoms with Crippen LogP contribution in [0.1, 0.15) is 29.4 Å². The normalized spacial score (nSPS) is 11.1. The van der Waals surface area contributed by atoms with Crippen molar-refractivity contribution in [2.75, 3.05) is 10.6 Å². The highest BCUT2D eigenvalue weighted by molar-refractivity contribution is 7.80. The van der Waals surface area contributed by atoms with Crippen molar-refractivity contribution in [3.63, 3.8) is 0 Å². The lowest BCUT2D eigenvalue weighted by molar-refractivity contribution is 0.579. The lowest BCUT2D eigenvalue weighted by Gasteiger charge is -2.11. The molecule has 0 amide bonds. The van der Waals surface area contributed by atoms with Crippen LogP contribution in [0.2, 0.25) is 5.02 Å². The van der Waals surface area contributed by atoms with E-state index in [4.69, 9.17) is 23.8 Å². The summed E-state index contributed by atoms with van der Waals surface area (Å²) < 4.78 is 19.6. The quantitative estimate of drug-likeness (QED) is 0.371. The highest BCUT2D eigenvalue weighted by Gasteiger charge is 2.16. The van der Waals surface area contributed by atoms with E-state index in [1.54, 1.807) is 23.0 Å². The molecule has 4 aromatic rings. The van der Waals surface area contributed by atoms with Gasteiger partial charge < -0.3 is 10.6 Å². The van der Waals surface area contributed by atoms with Gasteiger partial charge in [-0.25, -0.2) is 4.39 Å². The molecule has 1 aromatic carbocycles. The number of anilines is 2. The molecule has 0 aliphatic rings. The van der Waals surface area contributed by atoms with E-state index in [0.29, 0.717) is 22.2 Å². The number of halogens is 2. The molecule has 0 aliphatic carbocycles. The van der Waals surface area contributed by atoms with Crippen molar-refractivity contribution in [2.24, 2.45) is 0 Å². The summed E-state index contributed by atoms with van der Waals surface area (Å²) in [7, 11) is 0. The third-order valence-electron chi connectivity index (χ3n) is 5.24. The topological polar surface area (TPSA) is 77.5 Å². The smallest absolute Gasteiger partial charge is 0.175 e. The maximum atomic E-state index is 14.2. The van der Waals surface area contributed by atoms with E-state index in [0.717, 1.165) is 34.9 Å². The molecular weight excluding hydrogens is 463 g/mol. The zero-order chi connectivity index (χ0) is 23.5. The number of thiocarbonyl (C=S) groups is 1. The summed E-state index contributed by atoms with van der Waals surface area (Å²) in [5.74, 6) is -0.360. The van der Waals surface area contributed by atoms with E-state index in [2.05, 4.69) is 25.9 Å². The molecule has 3 heterocycles. The molecular formula is C22H24ClFN8S. The first-order chi connectivity index (χ1) is 15.8. The molecule has 2 N–H and O–H groups in total. The third-order valence-corrected chi connectivity index (χ3v) is 5.79. The maximum absolute atomic E-state index is 14.2. The Morgan fingerprint density at radius 1 is 1.09 bits per heavy atom. The van der Waals surface area contributed by atoms with Gasteiger partial charge in [-0.2, -0.15) is 15.3 Å². The van der Waals surface area contributed by atoms with Crippen LogP contribution in [0.4, 0.5) is 15.8 Å². The number of hydrogen-bond donors (Lipinski definition) is 2. The summed E-state index contributed by atoms with van der Waals surface area (Å²) in [6, 6.07) is 4.64. The zero-order valence-corrected chi connectivity index (χ0v) is 20.1. The van der Waals surface area contributed by atoms with Crippen LogP contribution in [0.25, 0.3) is 0 Å². The largest absolute Gasteiger partial charge is 0.330 e. The average Bonchev–Trinajstić information content (AvgIpc) is 3.48. The molecule has 0 saturated heterocycles. The molecule has 4 rings (SSSR count). The molecule has 0 atom stereocenters. The first-order valence-corrected chi connectivity index (χ1v) is 11.2.